The van der Waals surface area contributed by atoms with Gasteiger partial charge in [-0.1, -0.05) is 54.6 Å². The lowest BCUT2D eigenvalue weighted by atomic mass is 10.0. The van der Waals surface area contributed by atoms with Gasteiger partial charge < -0.3 is 10.1 Å². The van der Waals surface area contributed by atoms with E-state index < -0.39 is 16.1 Å². The van der Waals surface area contributed by atoms with Gasteiger partial charge in [0.25, 0.3) is 0 Å². The Morgan fingerprint density at radius 3 is 2.30 bits per heavy atom. The van der Waals surface area contributed by atoms with Crippen LogP contribution in [0.25, 0.3) is 0 Å². The Balaban J connectivity index is 1.74. The minimum absolute atomic E-state index is 0.334. The van der Waals surface area contributed by atoms with Crippen molar-refractivity contribution in [2.75, 3.05) is 39.6 Å². The van der Waals surface area contributed by atoms with E-state index >= 15 is 0 Å². The summed E-state index contributed by atoms with van der Waals surface area (Å²) in [5.74, 6) is -0.352. The number of hydrogen-bond acceptors (Lipinski definition) is 5. The Bertz CT molecular complexity index is 944. The van der Waals surface area contributed by atoms with Crippen LogP contribution in [0, 0.1) is 0 Å². The van der Waals surface area contributed by atoms with Crippen molar-refractivity contribution in [3.05, 3.63) is 71.3 Å². The lowest BCUT2D eigenvalue weighted by Gasteiger charge is -2.28. The molecule has 1 N–H and O–H groups in total. The fraction of sp³-hybridized carbons (Fsp3) is 0.409. The summed E-state index contributed by atoms with van der Waals surface area (Å²) in [7, 11) is -2.12. The Morgan fingerprint density at radius 2 is 1.67 bits per heavy atom. The Morgan fingerprint density at radius 1 is 1.07 bits per heavy atom. The van der Waals surface area contributed by atoms with E-state index in [4.69, 9.17) is 4.74 Å². The molecule has 1 aliphatic heterocycles. The first-order valence-corrected chi connectivity index (χ1v) is 11.8. The molecule has 162 valence electrons. The summed E-state index contributed by atoms with van der Waals surface area (Å²) in [5.41, 5.74) is 2.79. The van der Waals surface area contributed by atoms with Crippen LogP contribution in [0.4, 0.5) is 0 Å². The number of sulfonamides is 1. The number of ether oxygens (including phenoxy) is 1. The molecule has 0 spiro atoms. The van der Waals surface area contributed by atoms with Crippen LogP contribution in [-0.2, 0) is 32.6 Å². The number of rotatable bonds is 8. The topological polar surface area (TPSA) is 79.0 Å². The van der Waals surface area contributed by atoms with Crippen molar-refractivity contribution < 1.29 is 17.9 Å². The Labute approximate surface area is 178 Å². The number of hydrogen-bond donors (Lipinski definition) is 1. The molecule has 0 unspecified atom stereocenters. The predicted molar refractivity (Wildman–Crippen MR) is 116 cm³/mol. The highest BCUT2D eigenvalue weighted by atomic mass is 32.2. The van der Waals surface area contributed by atoms with E-state index in [0.29, 0.717) is 12.1 Å². The van der Waals surface area contributed by atoms with Gasteiger partial charge in [-0.25, -0.2) is 8.42 Å². The molecule has 1 heterocycles. The molecule has 0 saturated carbocycles. The van der Waals surface area contributed by atoms with Gasteiger partial charge in [0, 0.05) is 33.2 Å². The average molecular weight is 432 g/mol. The number of benzene rings is 2. The van der Waals surface area contributed by atoms with Gasteiger partial charge in [-0.05, 0) is 16.7 Å². The fourth-order valence-electron chi connectivity index (χ4n) is 3.52. The molecule has 2 aromatic carbocycles. The van der Waals surface area contributed by atoms with Crippen LogP contribution in [0.2, 0.25) is 0 Å². The first kappa shape index (κ1) is 22.4. The van der Waals surface area contributed by atoms with E-state index in [0.717, 1.165) is 54.5 Å². The van der Waals surface area contributed by atoms with Gasteiger partial charge in [-0.2, -0.15) is 4.31 Å². The highest BCUT2D eigenvalue weighted by molar-refractivity contribution is 7.88. The molecule has 0 bridgehead atoms. The smallest absolute Gasteiger partial charge is 0.243 e. The highest BCUT2D eigenvalue weighted by Gasteiger charge is 2.30. The van der Waals surface area contributed by atoms with Crippen molar-refractivity contribution in [1.29, 1.82) is 0 Å². The van der Waals surface area contributed by atoms with Gasteiger partial charge in [0.15, 0.2) is 0 Å². The third kappa shape index (κ3) is 5.89. The molecule has 0 aromatic heterocycles. The second-order valence-corrected chi connectivity index (χ2v) is 9.51. The zero-order chi connectivity index (χ0) is 21.6. The second-order valence-electron chi connectivity index (χ2n) is 7.47. The van der Waals surface area contributed by atoms with Crippen LogP contribution < -0.4 is 5.32 Å². The van der Waals surface area contributed by atoms with E-state index in [2.05, 4.69) is 16.3 Å². The molecule has 0 radical (unpaired) electrons. The minimum Gasteiger partial charge on any atom is -0.379 e. The number of amides is 1. The second kappa shape index (κ2) is 10.2. The molecule has 1 amide bonds. The first-order chi connectivity index (χ1) is 14.4. The summed E-state index contributed by atoms with van der Waals surface area (Å²) < 4.78 is 30.8. The Hall–Kier alpha value is -2.26. The molecule has 8 heteroatoms. The first-order valence-electron chi connectivity index (χ1n) is 9.99. The summed E-state index contributed by atoms with van der Waals surface area (Å²) in [4.78, 5) is 15.4. The standard InChI is InChI=1S/C22H29N3O4S/c1-24(30(2,27)28)21(18-8-4-3-5-9-18)22(26)23-16-19-10-6-7-11-20(19)17-25-12-14-29-15-13-25/h3-11,21H,12-17H2,1-2H3,(H,23,26)/t21-/m1/s1. The van der Waals surface area contributed by atoms with Gasteiger partial charge in [0.1, 0.15) is 6.04 Å². The number of carbonyl (C=O) groups excluding carboxylic acids is 1. The molecule has 1 atom stereocenters. The molecular weight excluding hydrogens is 402 g/mol. The number of nitrogens with zero attached hydrogens (tertiary/aromatic N) is 2. The third-order valence-electron chi connectivity index (χ3n) is 5.32. The Kier molecular flexibility index (Phi) is 7.60. The maximum atomic E-state index is 13.1. The predicted octanol–water partition coefficient (Wildman–Crippen LogP) is 1.77. The van der Waals surface area contributed by atoms with Gasteiger partial charge >= 0.3 is 0 Å². The summed E-state index contributed by atoms with van der Waals surface area (Å²) >= 11 is 0. The van der Waals surface area contributed by atoms with Crippen molar-refractivity contribution in [3.8, 4) is 0 Å². The molecule has 3 rings (SSSR count). The maximum absolute atomic E-state index is 13.1. The maximum Gasteiger partial charge on any atom is 0.243 e. The van der Waals surface area contributed by atoms with Crippen molar-refractivity contribution in [1.82, 2.24) is 14.5 Å². The summed E-state index contributed by atoms with van der Waals surface area (Å²) in [6, 6.07) is 16.0. The monoisotopic (exact) mass is 431 g/mol. The zero-order valence-electron chi connectivity index (χ0n) is 17.5. The molecule has 1 saturated heterocycles. The van der Waals surface area contributed by atoms with Crippen LogP contribution in [0.15, 0.2) is 54.6 Å². The summed E-state index contributed by atoms with van der Waals surface area (Å²) in [6.07, 6.45) is 1.11. The minimum atomic E-state index is -3.55. The number of carbonyl (C=O) groups is 1. The molecule has 2 aromatic rings. The van der Waals surface area contributed by atoms with Crippen LogP contribution >= 0.6 is 0 Å². The lowest BCUT2D eigenvalue weighted by Crippen LogP contribution is -2.41. The molecule has 1 aliphatic rings. The summed E-state index contributed by atoms with van der Waals surface area (Å²) in [5, 5.41) is 2.94. The molecular formula is C22H29N3O4S. The van der Waals surface area contributed by atoms with Crippen molar-refractivity contribution in [2.45, 2.75) is 19.1 Å². The van der Waals surface area contributed by atoms with Crippen molar-refractivity contribution in [2.24, 2.45) is 0 Å². The van der Waals surface area contributed by atoms with Crippen LogP contribution in [0.5, 0.6) is 0 Å². The van der Waals surface area contributed by atoms with E-state index in [1.165, 1.54) is 7.05 Å². The van der Waals surface area contributed by atoms with Gasteiger partial charge in [0.2, 0.25) is 15.9 Å². The number of nitrogens with one attached hydrogen (secondary N) is 1. The van der Waals surface area contributed by atoms with Crippen LogP contribution in [0.3, 0.4) is 0 Å². The summed E-state index contributed by atoms with van der Waals surface area (Å²) in [6.45, 7) is 4.36. The lowest BCUT2D eigenvalue weighted by molar-refractivity contribution is -0.125. The van der Waals surface area contributed by atoms with Crippen LogP contribution in [0.1, 0.15) is 22.7 Å². The fourth-order valence-corrected chi connectivity index (χ4v) is 4.12. The average Bonchev–Trinajstić information content (AvgIpc) is 2.74. The van der Waals surface area contributed by atoms with E-state index in [1.807, 2.05) is 24.3 Å². The van der Waals surface area contributed by atoms with Gasteiger partial charge in [-0.15, -0.1) is 0 Å². The van der Waals surface area contributed by atoms with Gasteiger partial charge in [-0.3, -0.25) is 9.69 Å². The van der Waals surface area contributed by atoms with E-state index in [-0.39, 0.29) is 5.91 Å². The third-order valence-corrected chi connectivity index (χ3v) is 6.58. The molecule has 1 fully saturated rings. The normalized spacial score (nSPS) is 16.4. The largest absolute Gasteiger partial charge is 0.379 e. The molecule has 7 nitrogen and oxygen atoms in total. The van der Waals surface area contributed by atoms with Crippen molar-refractivity contribution in [3.63, 3.8) is 0 Å². The van der Waals surface area contributed by atoms with E-state index in [1.54, 1.807) is 24.3 Å². The van der Waals surface area contributed by atoms with Crippen molar-refractivity contribution >= 4 is 15.9 Å². The molecule has 30 heavy (non-hydrogen) atoms. The van der Waals surface area contributed by atoms with Gasteiger partial charge in [0.05, 0.1) is 19.5 Å². The molecule has 0 aliphatic carbocycles. The number of morpholine rings is 1. The number of likely N-dealkylation sites (N-methyl/N-ethyl adjacent to an activating group) is 1. The quantitative estimate of drug-likeness (QED) is 0.689. The van der Waals surface area contributed by atoms with E-state index in [9.17, 15) is 13.2 Å². The SMILES string of the molecule is CN([C@@H](C(=O)NCc1ccccc1CN1CCOCC1)c1ccccc1)S(C)(=O)=O. The highest BCUT2D eigenvalue weighted by Crippen LogP contribution is 2.22. The zero-order valence-corrected chi connectivity index (χ0v) is 18.3. The van der Waals surface area contributed by atoms with Crippen LogP contribution in [-0.4, -0.2) is 63.1 Å².